The fourth-order valence-corrected chi connectivity index (χ4v) is 1.97. The minimum absolute atomic E-state index is 0.884. The van der Waals surface area contributed by atoms with E-state index in [1.165, 1.54) is 16.5 Å². The first kappa shape index (κ1) is 7.87. The highest BCUT2D eigenvalue weighted by Gasteiger charge is 2.03. The molecule has 2 heteroatoms. The molecular formula is C10H9BrO. The number of benzene rings is 1. The van der Waals surface area contributed by atoms with Gasteiger partial charge in [-0.2, -0.15) is 0 Å². The van der Waals surface area contributed by atoms with Crippen LogP contribution in [-0.4, -0.2) is 0 Å². The van der Waals surface area contributed by atoms with E-state index >= 15 is 0 Å². The van der Waals surface area contributed by atoms with Crippen molar-refractivity contribution in [2.75, 3.05) is 0 Å². The lowest BCUT2D eigenvalue weighted by atomic mass is 10.1. The van der Waals surface area contributed by atoms with Gasteiger partial charge in [-0.15, -0.1) is 0 Å². The molecule has 1 aromatic carbocycles. The summed E-state index contributed by atoms with van der Waals surface area (Å²) in [7, 11) is 0. The van der Waals surface area contributed by atoms with Crippen LogP contribution in [0.3, 0.4) is 0 Å². The second kappa shape index (κ2) is 2.94. The summed E-state index contributed by atoms with van der Waals surface area (Å²) in [5, 5.41) is 2.06. The second-order valence-corrected chi connectivity index (χ2v) is 3.38. The van der Waals surface area contributed by atoms with Crippen molar-refractivity contribution >= 4 is 26.9 Å². The maximum Gasteiger partial charge on any atom is 0.137 e. The molecule has 0 amide bonds. The average molecular weight is 225 g/mol. The lowest BCUT2D eigenvalue weighted by Gasteiger charge is -2.00. The molecule has 1 heterocycles. The molecule has 62 valence electrons. The molecule has 1 aromatic heterocycles. The van der Waals surface area contributed by atoms with E-state index in [0.29, 0.717) is 0 Å². The zero-order valence-corrected chi connectivity index (χ0v) is 8.39. The molecular weight excluding hydrogens is 216 g/mol. The molecule has 0 aliphatic heterocycles. The predicted molar refractivity (Wildman–Crippen MR) is 53.6 cm³/mol. The molecule has 0 spiro atoms. The molecule has 0 fully saturated rings. The lowest BCUT2D eigenvalue weighted by molar-refractivity contribution is 0.613. The Balaban J connectivity index is 2.78. The van der Waals surface area contributed by atoms with E-state index in [2.05, 4.69) is 35.0 Å². The van der Waals surface area contributed by atoms with Gasteiger partial charge in [0.2, 0.25) is 0 Å². The summed E-state index contributed by atoms with van der Waals surface area (Å²) in [5.74, 6) is 0. The molecule has 12 heavy (non-hydrogen) atoms. The van der Waals surface area contributed by atoms with Crippen molar-refractivity contribution in [3.8, 4) is 0 Å². The van der Waals surface area contributed by atoms with Gasteiger partial charge < -0.3 is 4.42 Å². The van der Waals surface area contributed by atoms with Crippen molar-refractivity contribution in [1.82, 2.24) is 0 Å². The summed E-state index contributed by atoms with van der Waals surface area (Å²) in [6.07, 6.45) is 1.73. The molecule has 0 aliphatic carbocycles. The number of furan rings is 1. The van der Waals surface area contributed by atoms with E-state index < -0.39 is 0 Å². The van der Waals surface area contributed by atoms with Crippen LogP contribution in [0.1, 0.15) is 11.1 Å². The molecule has 0 atom stereocenters. The third-order valence-corrected chi connectivity index (χ3v) is 2.73. The van der Waals surface area contributed by atoms with Crippen molar-refractivity contribution in [3.05, 3.63) is 35.6 Å². The number of aryl methyl sites for hydroxylation is 1. The third kappa shape index (κ3) is 1.07. The second-order valence-electron chi connectivity index (χ2n) is 2.82. The van der Waals surface area contributed by atoms with Gasteiger partial charge in [-0.05, 0) is 24.1 Å². The summed E-state index contributed by atoms with van der Waals surface area (Å²) in [4.78, 5) is 0. The monoisotopic (exact) mass is 224 g/mol. The molecule has 0 N–H and O–H groups in total. The summed E-state index contributed by atoms with van der Waals surface area (Å²) in [6, 6.07) is 6.20. The quantitative estimate of drug-likeness (QED) is 0.675. The highest BCUT2D eigenvalue weighted by Crippen LogP contribution is 2.23. The van der Waals surface area contributed by atoms with Crippen LogP contribution in [0.4, 0.5) is 0 Å². The smallest absolute Gasteiger partial charge is 0.137 e. The van der Waals surface area contributed by atoms with Crippen molar-refractivity contribution in [2.24, 2.45) is 0 Å². The Morgan fingerprint density at radius 2 is 2.17 bits per heavy atom. The van der Waals surface area contributed by atoms with Gasteiger partial charge in [-0.3, -0.25) is 0 Å². The minimum Gasteiger partial charge on any atom is -0.464 e. The van der Waals surface area contributed by atoms with Crippen molar-refractivity contribution in [3.63, 3.8) is 0 Å². The van der Waals surface area contributed by atoms with Crippen molar-refractivity contribution in [1.29, 1.82) is 0 Å². The molecule has 0 unspecified atom stereocenters. The highest BCUT2D eigenvalue weighted by atomic mass is 79.9. The fraction of sp³-hybridized carbons (Fsp3) is 0.200. The van der Waals surface area contributed by atoms with Gasteiger partial charge in [0.05, 0.1) is 6.26 Å². The van der Waals surface area contributed by atoms with Gasteiger partial charge in [-0.25, -0.2) is 0 Å². The van der Waals surface area contributed by atoms with E-state index in [4.69, 9.17) is 4.42 Å². The average Bonchev–Trinajstić information content (AvgIpc) is 2.53. The largest absolute Gasteiger partial charge is 0.464 e. The van der Waals surface area contributed by atoms with Crippen LogP contribution in [0.2, 0.25) is 0 Å². The number of halogens is 1. The molecule has 0 radical (unpaired) electrons. The SMILES string of the molecule is Cc1c(CBr)ccc2ccoc12. The number of hydrogen-bond acceptors (Lipinski definition) is 1. The van der Waals surface area contributed by atoms with Crippen LogP contribution < -0.4 is 0 Å². The van der Waals surface area contributed by atoms with Gasteiger partial charge in [0.25, 0.3) is 0 Å². The third-order valence-electron chi connectivity index (χ3n) is 2.13. The standard InChI is InChI=1S/C10H9BrO/c1-7-9(6-11)3-2-8-4-5-12-10(7)8/h2-5H,6H2,1H3. The first-order valence-electron chi connectivity index (χ1n) is 3.84. The highest BCUT2D eigenvalue weighted by molar-refractivity contribution is 9.08. The zero-order valence-electron chi connectivity index (χ0n) is 6.80. The van der Waals surface area contributed by atoms with Crippen LogP contribution in [0.25, 0.3) is 11.0 Å². The molecule has 1 nitrogen and oxygen atoms in total. The van der Waals surface area contributed by atoms with E-state index in [9.17, 15) is 0 Å². The van der Waals surface area contributed by atoms with E-state index in [-0.39, 0.29) is 0 Å². The van der Waals surface area contributed by atoms with Crippen LogP contribution in [-0.2, 0) is 5.33 Å². The minimum atomic E-state index is 0.884. The Kier molecular flexibility index (Phi) is 1.93. The lowest BCUT2D eigenvalue weighted by Crippen LogP contribution is -1.83. The molecule has 0 bridgehead atoms. The van der Waals surface area contributed by atoms with E-state index in [0.717, 1.165) is 10.9 Å². The normalized spacial score (nSPS) is 10.8. The van der Waals surface area contributed by atoms with E-state index in [1.807, 2.05) is 6.07 Å². The van der Waals surface area contributed by atoms with Crippen LogP contribution in [0.15, 0.2) is 28.9 Å². The molecule has 2 rings (SSSR count). The summed E-state index contributed by atoms with van der Waals surface area (Å²) in [5.41, 5.74) is 3.53. The zero-order chi connectivity index (χ0) is 8.55. The summed E-state index contributed by atoms with van der Waals surface area (Å²) >= 11 is 3.44. The van der Waals surface area contributed by atoms with Crippen LogP contribution in [0.5, 0.6) is 0 Å². The molecule has 2 aromatic rings. The Morgan fingerprint density at radius 3 is 2.92 bits per heavy atom. The number of alkyl halides is 1. The molecule has 0 saturated heterocycles. The van der Waals surface area contributed by atoms with E-state index in [1.54, 1.807) is 6.26 Å². The predicted octanol–water partition coefficient (Wildman–Crippen LogP) is 3.64. The van der Waals surface area contributed by atoms with Crippen LogP contribution in [0, 0.1) is 6.92 Å². The van der Waals surface area contributed by atoms with Gasteiger partial charge in [0.15, 0.2) is 0 Å². The molecule has 0 saturated carbocycles. The Hall–Kier alpha value is -0.760. The topological polar surface area (TPSA) is 13.1 Å². The maximum absolute atomic E-state index is 5.37. The Labute approximate surface area is 79.5 Å². The van der Waals surface area contributed by atoms with Gasteiger partial charge in [0.1, 0.15) is 5.58 Å². The number of fused-ring (bicyclic) bond motifs is 1. The molecule has 0 aliphatic rings. The van der Waals surface area contributed by atoms with Gasteiger partial charge in [0, 0.05) is 10.7 Å². The first-order chi connectivity index (χ1) is 5.83. The number of rotatable bonds is 1. The fourth-order valence-electron chi connectivity index (χ4n) is 1.36. The summed E-state index contributed by atoms with van der Waals surface area (Å²) in [6.45, 7) is 2.09. The van der Waals surface area contributed by atoms with Crippen molar-refractivity contribution < 1.29 is 4.42 Å². The number of hydrogen-bond donors (Lipinski definition) is 0. The van der Waals surface area contributed by atoms with Crippen molar-refractivity contribution in [2.45, 2.75) is 12.3 Å². The maximum atomic E-state index is 5.37. The Bertz CT molecular complexity index is 403. The first-order valence-corrected chi connectivity index (χ1v) is 4.96. The van der Waals surface area contributed by atoms with Gasteiger partial charge in [-0.1, -0.05) is 28.1 Å². The van der Waals surface area contributed by atoms with Crippen LogP contribution >= 0.6 is 15.9 Å². The summed E-state index contributed by atoms with van der Waals surface area (Å²) < 4.78 is 5.37. The Morgan fingerprint density at radius 1 is 1.33 bits per heavy atom. The van der Waals surface area contributed by atoms with Gasteiger partial charge >= 0.3 is 0 Å².